The fourth-order valence-corrected chi connectivity index (χ4v) is 2.41. The Labute approximate surface area is 189 Å². The number of hydrogen-bond acceptors (Lipinski definition) is 9. The Bertz CT molecular complexity index is 496. The maximum absolute atomic E-state index is 11.6. The van der Waals surface area contributed by atoms with Crippen molar-refractivity contribution in [2.24, 2.45) is 5.84 Å². The number of carbonyl (C=O) groups excluding carboxylic acids is 2. The van der Waals surface area contributed by atoms with Gasteiger partial charge in [-0.15, -0.1) is 0 Å². The van der Waals surface area contributed by atoms with Crippen molar-refractivity contribution < 1.29 is 38.4 Å². The fourth-order valence-electron chi connectivity index (χ4n) is 2.41. The average Bonchev–Trinajstić information content (AvgIpc) is 2.76. The first-order valence-electron chi connectivity index (χ1n) is 11.0. The molecule has 0 aromatic rings. The molecule has 32 heavy (non-hydrogen) atoms. The molecule has 0 aromatic heterocycles. The van der Waals surface area contributed by atoms with Crippen LogP contribution in [0.4, 0.5) is 0 Å². The van der Waals surface area contributed by atoms with Crippen LogP contribution in [0.1, 0.15) is 39.0 Å². The van der Waals surface area contributed by atoms with Crippen molar-refractivity contribution in [2.45, 2.75) is 45.1 Å². The number of carbonyl (C=O) groups is 3. The summed E-state index contributed by atoms with van der Waals surface area (Å²) in [5.41, 5.74) is 2.22. The summed E-state index contributed by atoms with van der Waals surface area (Å²) in [7, 11) is 0. The lowest BCUT2D eigenvalue weighted by Crippen LogP contribution is -2.41. The van der Waals surface area contributed by atoms with Crippen LogP contribution in [0.25, 0.3) is 0 Å². The van der Waals surface area contributed by atoms with Crippen molar-refractivity contribution in [2.75, 3.05) is 65.9 Å². The molecule has 0 aliphatic rings. The van der Waals surface area contributed by atoms with Gasteiger partial charge in [0.2, 0.25) is 11.8 Å². The first-order chi connectivity index (χ1) is 15.5. The smallest absolute Gasteiger partial charge is 0.322 e. The van der Waals surface area contributed by atoms with Crippen molar-refractivity contribution in [1.29, 1.82) is 0 Å². The zero-order valence-corrected chi connectivity index (χ0v) is 19.1. The van der Waals surface area contributed by atoms with E-state index in [9.17, 15) is 14.4 Å². The number of unbranched alkanes of at least 4 members (excludes halogenated alkanes) is 1. The number of hydrogen-bond donors (Lipinski definition) is 5. The third-order valence-corrected chi connectivity index (χ3v) is 4.09. The Kier molecular flexibility index (Phi) is 21.1. The largest absolute Gasteiger partial charge is 0.480 e. The molecule has 0 aliphatic carbocycles. The summed E-state index contributed by atoms with van der Waals surface area (Å²) in [5.74, 6) is 3.49. The van der Waals surface area contributed by atoms with Gasteiger partial charge in [0.05, 0.1) is 26.4 Å². The van der Waals surface area contributed by atoms with Crippen molar-refractivity contribution in [1.82, 2.24) is 16.1 Å². The third kappa shape index (κ3) is 20.1. The highest BCUT2D eigenvalue weighted by Gasteiger charge is 2.14. The SMILES string of the molecule is CCCOCCOCCOCCCNC(=O)COCC(=O)NCCCC[C@H](NN)C(=O)O. The fraction of sp³-hybridized carbons (Fsp3) is 0.850. The number of carboxylic acids is 1. The number of nitrogens with two attached hydrogens (primary N) is 1. The van der Waals surface area contributed by atoms with Gasteiger partial charge in [0.15, 0.2) is 0 Å². The molecule has 0 spiro atoms. The minimum atomic E-state index is -1.01. The lowest BCUT2D eigenvalue weighted by Gasteiger charge is -2.10. The molecular formula is C20H40N4O8. The predicted octanol–water partition coefficient (Wildman–Crippen LogP) is -0.828. The molecule has 0 rings (SSSR count). The summed E-state index contributed by atoms with van der Waals surface area (Å²) in [6.07, 6.45) is 3.23. The van der Waals surface area contributed by atoms with Gasteiger partial charge < -0.3 is 34.7 Å². The highest BCUT2D eigenvalue weighted by atomic mass is 16.5. The Morgan fingerprint density at radius 3 is 1.84 bits per heavy atom. The van der Waals surface area contributed by atoms with E-state index in [1.807, 2.05) is 0 Å². The number of hydrazine groups is 1. The minimum absolute atomic E-state index is 0.204. The number of aliphatic carboxylic acids is 1. The Morgan fingerprint density at radius 1 is 0.781 bits per heavy atom. The van der Waals surface area contributed by atoms with Gasteiger partial charge >= 0.3 is 5.97 Å². The van der Waals surface area contributed by atoms with Gasteiger partial charge in [0.1, 0.15) is 19.3 Å². The molecule has 0 aliphatic heterocycles. The second-order valence-corrected chi connectivity index (χ2v) is 6.94. The molecule has 1 atom stereocenters. The highest BCUT2D eigenvalue weighted by Crippen LogP contribution is 1.99. The van der Waals surface area contributed by atoms with Gasteiger partial charge in [-0.05, 0) is 32.1 Å². The molecule has 0 saturated heterocycles. The topological polar surface area (TPSA) is 170 Å². The van der Waals surface area contributed by atoms with E-state index >= 15 is 0 Å². The van der Waals surface area contributed by atoms with Crippen LogP contribution in [0.15, 0.2) is 0 Å². The first-order valence-corrected chi connectivity index (χ1v) is 11.0. The summed E-state index contributed by atoms with van der Waals surface area (Å²) in [4.78, 5) is 34.1. The van der Waals surface area contributed by atoms with Crippen LogP contribution in [0.5, 0.6) is 0 Å². The van der Waals surface area contributed by atoms with Gasteiger partial charge in [-0.3, -0.25) is 20.2 Å². The van der Waals surface area contributed by atoms with E-state index < -0.39 is 12.0 Å². The van der Waals surface area contributed by atoms with Crippen LogP contribution in [-0.4, -0.2) is 94.9 Å². The number of ether oxygens (including phenoxy) is 4. The Morgan fingerprint density at radius 2 is 1.31 bits per heavy atom. The number of amides is 2. The van der Waals surface area contributed by atoms with Crippen LogP contribution in [0.2, 0.25) is 0 Å². The molecule has 2 amide bonds. The van der Waals surface area contributed by atoms with Gasteiger partial charge in [-0.2, -0.15) is 0 Å². The van der Waals surface area contributed by atoms with Crippen LogP contribution in [-0.2, 0) is 33.3 Å². The third-order valence-electron chi connectivity index (χ3n) is 4.09. The van der Waals surface area contributed by atoms with Crippen molar-refractivity contribution in [3.8, 4) is 0 Å². The van der Waals surface area contributed by atoms with E-state index in [0.29, 0.717) is 71.8 Å². The maximum Gasteiger partial charge on any atom is 0.322 e. The quantitative estimate of drug-likeness (QED) is 0.0730. The number of nitrogens with one attached hydrogen (secondary N) is 3. The predicted molar refractivity (Wildman–Crippen MR) is 117 cm³/mol. The zero-order chi connectivity index (χ0) is 23.9. The van der Waals surface area contributed by atoms with Crippen LogP contribution in [0.3, 0.4) is 0 Å². The molecule has 188 valence electrons. The summed E-state index contributed by atoms with van der Waals surface area (Å²) in [5, 5.41) is 14.2. The molecule has 12 nitrogen and oxygen atoms in total. The molecule has 12 heteroatoms. The van der Waals surface area contributed by atoms with Gasteiger partial charge in [0, 0.05) is 26.3 Å². The summed E-state index contributed by atoms with van der Waals surface area (Å²) in [6, 6.07) is -0.797. The van der Waals surface area contributed by atoms with E-state index in [0.717, 1.165) is 13.0 Å². The lowest BCUT2D eigenvalue weighted by atomic mass is 10.1. The number of carboxylic acid groups (broad SMARTS) is 1. The van der Waals surface area contributed by atoms with Crippen molar-refractivity contribution in [3.05, 3.63) is 0 Å². The van der Waals surface area contributed by atoms with Gasteiger partial charge in [-0.25, -0.2) is 5.43 Å². The number of rotatable bonds is 23. The van der Waals surface area contributed by atoms with Crippen molar-refractivity contribution >= 4 is 17.8 Å². The zero-order valence-electron chi connectivity index (χ0n) is 19.1. The molecule has 0 saturated carbocycles. The van der Waals surface area contributed by atoms with Crippen molar-refractivity contribution in [3.63, 3.8) is 0 Å². The van der Waals surface area contributed by atoms with E-state index in [2.05, 4.69) is 23.0 Å². The van der Waals surface area contributed by atoms with E-state index in [1.165, 1.54) is 0 Å². The molecule has 0 unspecified atom stereocenters. The van der Waals surface area contributed by atoms with Gasteiger partial charge in [-0.1, -0.05) is 6.92 Å². The Hall–Kier alpha value is -1.83. The second kappa shape index (κ2) is 22.4. The van der Waals surface area contributed by atoms with E-state index in [1.54, 1.807) is 0 Å². The van der Waals surface area contributed by atoms with E-state index in [4.69, 9.17) is 29.9 Å². The molecule has 0 radical (unpaired) electrons. The summed E-state index contributed by atoms with van der Waals surface area (Å²) < 4.78 is 21.1. The maximum atomic E-state index is 11.6. The normalized spacial score (nSPS) is 11.8. The molecule has 6 N–H and O–H groups in total. The standard InChI is InChI=1S/C20H40N4O8/c1-2-9-29-11-13-31-14-12-30-10-5-8-23-19(26)16-32-15-18(25)22-7-4-3-6-17(24-21)20(27)28/h17,24H,2-16,21H2,1H3,(H,22,25)(H,23,26)(H,27,28)/t17-/m0/s1. The minimum Gasteiger partial charge on any atom is -0.480 e. The molecule has 0 fully saturated rings. The summed E-state index contributed by atoms with van der Waals surface area (Å²) >= 11 is 0. The second-order valence-electron chi connectivity index (χ2n) is 6.94. The average molecular weight is 465 g/mol. The first kappa shape index (κ1) is 30.2. The summed E-state index contributed by atoms with van der Waals surface area (Å²) in [6.45, 7) is 5.87. The molecule has 0 bridgehead atoms. The van der Waals surface area contributed by atoms with Gasteiger partial charge in [0.25, 0.3) is 0 Å². The molecular weight excluding hydrogens is 424 g/mol. The van der Waals surface area contributed by atoms with Crippen LogP contribution in [0, 0.1) is 0 Å². The Balaban J connectivity index is 3.41. The lowest BCUT2D eigenvalue weighted by molar-refractivity contribution is -0.139. The monoisotopic (exact) mass is 464 g/mol. The molecule has 0 aromatic carbocycles. The van der Waals surface area contributed by atoms with Crippen LogP contribution >= 0.6 is 0 Å². The highest BCUT2D eigenvalue weighted by molar-refractivity contribution is 5.79. The molecule has 0 heterocycles. The van der Waals surface area contributed by atoms with Crippen LogP contribution < -0.4 is 21.9 Å². The van der Waals surface area contributed by atoms with E-state index in [-0.39, 0.29) is 25.0 Å².